The van der Waals surface area contributed by atoms with E-state index in [1.807, 2.05) is 54.6 Å². The van der Waals surface area contributed by atoms with Gasteiger partial charge in [0.15, 0.2) is 25.1 Å². The number of allylic oxidation sites excluding steroid dienone is 2. The van der Waals surface area contributed by atoms with E-state index in [2.05, 4.69) is 4.74 Å². The summed E-state index contributed by atoms with van der Waals surface area (Å²) in [6, 6.07) is 12.8. The number of rotatable bonds is 10. The standard InChI is InChI=1S/C22H24O6/c1-24-15-27-20-13-10-18(14-21(20)28-16-25-2)7-5-4-6-17-8-11-19(12-9-17)22(23)26-3/h4-14H,15-16H2,1-3H3. The van der Waals surface area contributed by atoms with E-state index in [0.29, 0.717) is 17.1 Å². The average Bonchev–Trinajstić information content (AvgIpc) is 2.74. The summed E-state index contributed by atoms with van der Waals surface area (Å²) in [6.07, 6.45) is 7.71. The third-order valence-electron chi connectivity index (χ3n) is 3.65. The molecule has 0 fully saturated rings. The predicted octanol–water partition coefficient (Wildman–Crippen LogP) is 4.17. The van der Waals surface area contributed by atoms with E-state index in [1.54, 1.807) is 26.4 Å². The Labute approximate surface area is 164 Å². The number of carbonyl (C=O) groups excluding carboxylic acids is 1. The zero-order chi connectivity index (χ0) is 20.2. The normalized spacial score (nSPS) is 11.1. The van der Waals surface area contributed by atoms with E-state index in [0.717, 1.165) is 11.1 Å². The van der Waals surface area contributed by atoms with Gasteiger partial charge in [-0.1, -0.05) is 42.5 Å². The largest absolute Gasteiger partial charge is 0.465 e. The quantitative estimate of drug-likeness (QED) is 0.348. The first-order valence-electron chi connectivity index (χ1n) is 8.58. The number of hydrogen-bond donors (Lipinski definition) is 0. The Morgan fingerprint density at radius 1 is 0.786 bits per heavy atom. The molecule has 6 nitrogen and oxygen atoms in total. The first-order chi connectivity index (χ1) is 13.7. The highest BCUT2D eigenvalue weighted by atomic mass is 16.7. The molecule has 0 aliphatic carbocycles. The molecule has 0 unspecified atom stereocenters. The van der Waals surface area contributed by atoms with Gasteiger partial charge in [-0.25, -0.2) is 4.79 Å². The molecular formula is C22H24O6. The van der Waals surface area contributed by atoms with Crippen LogP contribution < -0.4 is 9.47 Å². The third-order valence-corrected chi connectivity index (χ3v) is 3.65. The Kier molecular flexibility index (Phi) is 8.78. The summed E-state index contributed by atoms with van der Waals surface area (Å²) >= 11 is 0. The first kappa shape index (κ1) is 21.2. The van der Waals surface area contributed by atoms with Crippen molar-refractivity contribution >= 4 is 18.1 Å². The van der Waals surface area contributed by atoms with Crippen LogP contribution in [0.4, 0.5) is 0 Å². The van der Waals surface area contributed by atoms with Crippen LogP contribution in [-0.4, -0.2) is 40.9 Å². The Morgan fingerprint density at radius 3 is 1.96 bits per heavy atom. The molecule has 148 valence electrons. The molecule has 0 aromatic heterocycles. The van der Waals surface area contributed by atoms with Gasteiger partial charge in [0.1, 0.15) is 0 Å². The van der Waals surface area contributed by atoms with Crippen LogP contribution in [0.3, 0.4) is 0 Å². The van der Waals surface area contributed by atoms with Gasteiger partial charge in [-0.2, -0.15) is 0 Å². The lowest BCUT2D eigenvalue weighted by molar-refractivity contribution is 0.0322. The molecule has 0 aliphatic rings. The molecule has 0 atom stereocenters. The molecule has 0 N–H and O–H groups in total. The summed E-state index contributed by atoms with van der Waals surface area (Å²) in [5.74, 6) is 0.806. The fourth-order valence-corrected chi connectivity index (χ4v) is 2.29. The van der Waals surface area contributed by atoms with Crippen LogP contribution in [0.15, 0.2) is 54.6 Å². The molecular weight excluding hydrogens is 360 g/mol. The minimum absolute atomic E-state index is 0.123. The molecule has 6 heteroatoms. The van der Waals surface area contributed by atoms with Crippen molar-refractivity contribution in [3.8, 4) is 11.5 Å². The van der Waals surface area contributed by atoms with Gasteiger partial charge in [0.05, 0.1) is 12.7 Å². The fraction of sp³-hybridized carbons (Fsp3) is 0.227. The fourth-order valence-electron chi connectivity index (χ4n) is 2.29. The number of methoxy groups -OCH3 is 3. The predicted molar refractivity (Wildman–Crippen MR) is 107 cm³/mol. The number of ether oxygens (including phenoxy) is 5. The average molecular weight is 384 g/mol. The summed E-state index contributed by atoms with van der Waals surface area (Å²) in [5, 5.41) is 0. The second kappa shape index (κ2) is 11.6. The van der Waals surface area contributed by atoms with Crippen LogP contribution >= 0.6 is 0 Å². The van der Waals surface area contributed by atoms with Gasteiger partial charge in [-0.3, -0.25) is 0 Å². The molecule has 2 aromatic carbocycles. The summed E-state index contributed by atoms with van der Waals surface area (Å²) in [5.41, 5.74) is 2.45. The second-order valence-corrected chi connectivity index (χ2v) is 5.64. The van der Waals surface area contributed by atoms with E-state index in [1.165, 1.54) is 7.11 Å². The van der Waals surface area contributed by atoms with E-state index in [9.17, 15) is 4.79 Å². The lowest BCUT2D eigenvalue weighted by Gasteiger charge is -2.12. The van der Waals surface area contributed by atoms with Crippen molar-refractivity contribution in [1.82, 2.24) is 0 Å². The second-order valence-electron chi connectivity index (χ2n) is 5.64. The first-order valence-corrected chi connectivity index (χ1v) is 8.58. The highest BCUT2D eigenvalue weighted by molar-refractivity contribution is 5.89. The highest BCUT2D eigenvalue weighted by Crippen LogP contribution is 2.29. The minimum atomic E-state index is -0.347. The van der Waals surface area contributed by atoms with E-state index < -0.39 is 0 Å². The maximum Gasteiger partial charge on any atom is 0.337 e. The molecule has 0 heterocycles. The van der Waals surface area contributed by atoms with Gasteiger partial charge >= 0.3 is 5.97 Å². The van der Waals surface area contributed by atoms with Crippen LogP contribution in [0.25, 0.3) is 12.2 Å². The lowest BCUT2D eigenvalue weighted by Crippen LogP contribution is -2.04. The third kappa shape index (κ3) is 6.57. The van der Waals surface area contributed by atoms with Crippen LogP contribution in [0, 0.1) is 0 Å². The van der Waals surface area contributed by atoms with Crippen LogP contribution in [0.2, 0.25) is 0 Å². The summed E-state index contributed by atoms with van der Waals surface area (Å²) in [4.78, 5) is 11.4. The molecule has 0 aliphatic heterocycles. The Bertz CT molecular complexity index is 808. The Balaban J connectivity index is 2.04. The SMILES string of the molecule is COCOc1ccc(C=CC=Cc2ccc(C(=O)OC)cc2)cc1OCOC. The van der Waals surface area contributed by atoms with Crippen molar-refractivity contribution in [2.24, 2.45) is 0 Å². The van der Waals surface area contributed by atoms with Crippen LogP contribution in [-0.2, 0) is 14.2 Å². The molecule has 0 spiro atoms. The molecule has 0 amide bonds. The molecule has 0 saturated carbocycles. The van der Waals surface area contributed by atoms with Gasteiger partial charge in [-0.05, 0) is 35.4 Å². The van der Waals surface area contributed by atoms with Crippen molar-refractivity contribution in [2.75, 3.05) is 34.9 Å². The molecule has 0 radical (unpaired) electrons. The van der Waals surface area contributed by atoms with Crippen LogP contribution in [0.5, 0.6) is 11.5 Å². The summed E-state index contributed by atoms with van der Waals surface area (Å²) in [7, 11) is 4.48. The van der Waals surface area contributed by atoms with Gasteiger partial charge in [0.25, 0.3) is 0 Å². The Morgan fingerprint density at radius 2 is 1.36 bits per heavy atom. The molecule has 28 heavy (non-hydrogen) atoms. The van der Waals surface area contributed by atoms with E-state index in [4.69, 9.17) is 18.9 Å². The number of carbonyl (C=O) groups is 1. The molecule has 2 rings (SSSR count). The summed E-state index contributed by atoms with van der Waals surface area (Å²) in [6.45, 7) is 0.258. The Hall–Kier alpha value is -3.09. The maximum absolute atomic E-state index is 11.4. The maximum atomic E-state index is 11.4. The van der Waals surface area contributed by atoms with Gasteiger partial charge in [-0.15, -0.1) is 0 Å². The topological polar surface area (TPSA) is 63.2 Å². The lowest BCUT2D eigenvalue weighted by atomic mass is 10.1. The molecule has 2 aromatic rings. The van der Waals surface area contributed by atoms with E-state index in [-0.39, 0.29) is 19.6 Å². The zero-order valence-corrected chi connectivity index (χ0v) is 16.2. The van der Waals surface area contributed by atoms with Crippen molar-refractivity contribution in [1.29, 1.82) is 0 Å². The number of esters is 1. The number of benzene rings is 2. The van der Waals surface area contributed by atoms with Gasteiger partial charge in [0, 0.05) is 14.2 Å². The zero-order valence-electron chi connectivity index (χ0n) is 16.2. The van der Waals surface area contributed by atoms with E-state index >= 15 is 0 Å². The number of hydrogen-bond acceptors (Lipinski definition) is 6. The molecule has 0 saturated heterocycles. The minimum Gasteiger partial charge on any atom is -0.465 e. The monoisotopic (exact) mass is 384 g/mol. The van der Waals surface area contributed by atoms with Crippen LogP contribution in [0.1, 0.15) is 21.5 Å². The van der Waals surface area contributed by atoms with Gasteiger partial charge in [0.2, 0.25) is 0 Å². The highest BCUT2D eigenvalue weighted by Gasteiger charge is 2.06. The van der Waals surface area contributed by atoms with Crippen molar-refractivity contribution in [3.63, 3.8) is 0 Å². The molecule has 0 bridgehead atoms. The van der Waals surface area contributed by atoms with Crippen molar-refractivity contribution in [3.05, 3.63) is 71.3 Å². The van der Waals surface area contributed by atoms with Crippen molar-refractivity contribution in [2.45, 2.75) is 0 Å². The van der Waals surface area contributed by atoms with Gasteiger partial charge < -0.3 is 23.7 Å². The smallest absolute Gasteiger partial charge is 0.337 e. The van der Waals surface area contributed by atoms with Crippen molar-refractivity contribution < 1.29 is 28.5 Å². The summed E-state index contributed by atoms with van der Waals surface area (Å²) < 4.78 is 25.6.